The number of hydrogen-bond acceptors (Lipinski definition) is 3. The number of aryl methyl sites for hydroxylation is 1. The van der Waals surface area contributed by atoms with Crippen molar-refractivity contribution in [2.45, 2.75) is 58.2 Å². The SMILES string of the molecule is COc1ccc(Br)c(CNC2C3CC4CC(C3)CC2C4)c1OCc1ccccc1C. The molecule has 0 amide bonds. The summed E-state index contributed by atoms with van der Waals surface area (Å²) in [7, 11) is 1.72. The monoisotopic (exact) mass is 469 g/mol. The minimum atomic E-state index is 0.546. The van der Waals surface area contributed by atoms with Gasteiger partial charge in [0.05, 0.1) is 7.11 Å². The number of nitrogens with one attached hydrogen (secondary N) is 1. The van der Waals surface area contributed by atoms with Crippen molar-refractivity contribution < 1.29 is 9.47 Å². The zero-order chi connectivity index (χ0) is 20.7. The molecule has 2 aromatic carbocycles. The van der Waals surface area contributed by atoms with E-state index in [1.165, 1.54) is 43.2 Å². The van der Waals surface area contributed by atoms with Crippen molar-refractivity contribution in [1.29, 1.82) is 0 Å². The first kappa shape index (κ1) is 20.4. The lowest BCUT2D eigenvalue weighted by molar-refractivity contribution is -0.0143. The van der Waals surface area contributed by atoms with E-state index in [1.54, 1.807) is 7.11 Å². The number of halogens is 1. The van der Waals surface area contributed by atoms with Gasteiger partial charge in [-0.1, -0.05) is 40.2 Å². The maximum absolute atomic E-state index is 6.37. The Morgan fingerprint density at radius 1 is 0.967 bits per heavy atom. The third kappa shape index (κ3) is 3.89. The Morgan fingerprint density at radius 2 is 1.67 bits per heavy atom. The van der Waals surface area contributed by atoms with Gasteiger partial charge in [-0.15, -0.1) is 0 Å². The fourth-order valence-corrected chi connectivity index (χ4v) is 6.92. The zero-order valence-electron chi connectivity index (χ0n) is 18.0. The molecule has 3 nitrogen and oxygen atoms in total. The molecular formula is C26H32BrNO2. The lowest BCUT2D eigenvalue weighted by atomic mass is 9.54. The van der Waals surface area contributed by atoms with Gasteiger partial charge in [-0.2, -0.15) is 0 Å². The largest absolute Gasteiger partial charge is 0.493 e. The maximum Gasteiger partial charge on any atom is 0.167 e. The average molecular weight is 470 g/mol. The van der Waals surface area contributed by atoms with E-state index < -0.39 is 0 Å². The maximum atomic E-state index is 6.37. The Labute approximate surface area is 188 Å². The highest BCUT2D eigenvalue weighted by molar-refractivity contribution is 9.10. The smallest absolute Gasteiger partial charge is 0.167 e. The standard InChI is InChI=1S/C26H32BrNO2/c1-16-5-3-4-6-19(16)15-30-26-22(23(27)7-8-24(26)29-2)14-28-25-20-10-17-9-18(12-20)13-21(25)11-17/h3-8,17-18,20-21,25,28H,9-15H2,1-2H3. The Kier molecular flexibility index (Phi) is 5.81. The van der Waals surface area contributed by atoms with Gasteiger partial charge in [0, 0.05) is 22.6 Å². The molecule has 160 valence electrons. The number of methoxy groups -OCH3 is 1. The third-order valence-electron chi connectivity index (χ3n) is 7.76. The predicted molar refractivity (Wildman–Crippen MR) is 124 cm³/mol. The van der Waals surface area contributed by atoms with Gasteiger partial charge in [0.1, 0.15) is 6.61 Å². The Morgan fingerprint density at radius 3 is 2.33 bits per heavy atom. The normalized spacial score (nSPS) is 29.2. The second-order valence-electron chi connectivity index (χ2n) is 9.61. The van der Waals surface area contributed by atoms with Crippen LogP contribution in [0.3, 0.4) is 0 Å². The molecule has 4 fully saturated rings. The van der Waals surface area contributed by atoms with Gasteiger partial charge in [0.2, 0.25) is 0 Å². The summed E-state index contributed by atoms with van der Waals surface area (Å²) in [6.07, 6.45) is 7.22. The molecule has 1 N–H and O–H groups in total. The molecule has 4 heteroatoms. The predicted octanol–water partition coefficient (Wildman–Crippen LogP) is 6.26. The zero-order valence-corrected chi connectivity index (χ0v) is 19.6. The molecule has 0 aliphatic heterocycles. The molecule has 4 bridgehead atoms. The van der Waals surface area contributed by atoms with Gasteiger partial charge in [-0.25, -0.2) is 0 Å². The lowest BCUT2D eigenvalue weighted by Gasteiger charge is -2.54. The Bertz CT molecular complexity index is 884. The van der Waals surface area contributed by atoms with Crippen LogP contribution in [0.15, 0.2) is 40.9 Å². The van der Waals surface area contributed by atoms with Crippen LogP contribution < -0.4 is 14.8 Å². The molecule has 0 saturated heterocycles. The molecule has 6 rings (SSSR count). The van der Waals surface area contributed by atoms with Crippen molar-refractivity contribution in [3.63, 3.8) is 0 Å². The summed E-state index contributed by atoms with van der Waals surface area (Å²) in [6.45, 7) is 3.49. The number of rotatable bonds is 7. The molecule has 0 atom stereocenters. The van der Waals surface area contributed by atoms with E-state index in [0.717, 1.165) is 51.8 Å². The number of hydrogen-bond donors (Lipinski definition) is 1. The van der Waals surface area contributed by atoms with Gasteiger partial charge in [-0.05, 0) is 86.0 Å². The molecule has 0 aromatic heterocycles. The first-order valence-corrected chi connectivity index (χ1v) is 12.2. The van der Waals surface area contributed by atoms with Gasteiger partial charge in [-0.3, -0.25) is 0 Å². The molecule has 4 saturated carbocycles. The fourth-order valence-electron chi connectivity index (χ4n) is 6.47. The van der Waals surface area contributed by atoms with Crippen LogP contribution in [-0.2, 0) is 13.2 Å². The molecule has 0 radical (unpaired) electrons. The second-order valence-corrected chi connectivity index (χ2v) is 10.5. The first-order chi connectivity index (χ1) is 14.6. The second kappa shape index (κ2) is 8.55. The van der Waals surface area contributed by atoms with Crippen LogP contribution in [-0.4, -0.2) is 13.2 Å². The summed E-state index contributed by atoms with van der Waals surface area (Å²) >= 11 is 3.78. The summed E-state index contributed by atoms with van der Waals surface area (Å²) in [5.74, 6) is 5.38. The van der Waals surface area contributed by atoms with Crippen molar-refractivity contribution in [3.05, 3.63) is 57.6 Å². The Balaban J connectivity index is 1.34. The van der Waals surface area contributed by atoms with Crippen molar-refractivity contribution in [2.75, 3.05) is 7.11 Å². The summed E-state index contributed by atoms with van der Waals surface area (Å²) in [5.41, 5.74) is 3.62. The summed E-state index contributed by atoms with van der Waals surface area (Å²) in [4.78, 5) is 0. The van der Waals surface area contributed by atoms with Crippen molar-refractivity contribution in [2.24, 2.45) is 23.7 Å². The quantitative estimate of drug-likeness (QED) is 0.518. The van der Waals surface area contributed by atoms with Crippen molar-refractivity contribution >= 4 is 15.9 Å². The lowest BCUT2D eigenvalue weighted by Crippen LogP contribution is -2.54. The summed E-state index contributed by atoms with van der Waals surface area (Å²) in [6, 6.07) is 13.1. The topological polar surface area (TPSA) is 30.5 Å². The minimum Gasteiger partial charge on any atom is -0.493 e. The van der Waals surface area contributed by atoms with Gasteiger partial charge < -0.3 is 14.8 Å². The summed E-state index contributed by atoms with van der Waals surface area (Å²) in [5, 5.41) is 3.96. The first-order valence-electron chi connectivity index (χ1n) is 11.4. The van der Waals surface area contributed by atoms with Crippen LogP contribution in [0.25, 0.3) is 0 Å². The highest BCUT2D eigenvalue weighted by Gasteiger charge is 2.47. The van der Waals surface area contributed by atoms with Crippen LogP contribution in [0.2, 0.25) is 0 Å². The molecule has 0 unspecified atom stereocenters. The molecule has 30 heavy (non-hydrogen) atoms. The molecular weight excluding hydrogens is 438 g/mol. The average Bonchev–Trinajstić information content (AvgIpc) is 2.73. The van der Waals surface area contributed by atoms with Crippen LogP contribution in [0.5, 0.6) is 11.5 Å². The van der Waals surface area contributed by atoms with E-state index in [4.69, 9.17) is 9.47 Å². The van der Waals surface area contributed by atoms with Crippen LogP contribution in [0, 0.1) is 30.6 Å². The summed E-state index contributed by atoms with van der Waals surface area (Å²) < 4.78 is 13.1. The highest BCUT2D eigenvalue weighted by atomic mass is 79.9. The molecule has 0 spiro atoms. The minimum absolute atomic E-state index is 0.546. The highest BCUT2D eigenvalue weighted by Crippen LogP contribution is 2.53. The van der Waals surface area contributed by atoms with Crippen LogP contribution >= 0.6 is 15.9 Å². The van der Waals surface area contributed by atoms with Gasteiger partial charge >= 0.3 is 0 Å². The molecule has 4 aliphatic carbocycles. The van der Waals surface area contributed by atoms with Crippen LogP contribution in [0.1, 0.15) is 48.8 Å². The van der Waals surface area contributed by atoms with E-state index in [9.17, 15) is 0 Å². The van der Waals surface area contributed by atoms with Crippen molar-refractivity contribution in [1.82, 2.24) is 5.32 Å². The van der Waals surface area contributed by atoms with Crippen LogP contribution in [0.4, 0.5) is 0 Å². The molecule has 4 aliphatic rings. The Hall–Kier alpha value is -1.52. The van der Waals surface area contributed by atoms with E-state index in [2.05, 4.69) is 58.5 Å². The molecule has 0 heterocycles. The third-order valence-corrected chi connectivity index (χ3v) is 8.50. The van der Waals surface area contributed by atoms with Gasteiger partial charge in [0.25, 0.3) is 0 Å². The molecule has 2 aromatic rings. The van der Waals surface area contributed by atoms with Crippen molar-refractivity contribution in [3.8, 4) is 11.5 Å². The van der Waals surface area contributed by atoms with E-state index >= 15 is 0 Å². The number of benzene rings is 2. The van der Waals surface area contributed by atoms with E-state index in [0.29, 0.717) is 12.6 Å². The van der Waals surface area contributed by atoms with E-state index in [1.807, 2.05) is 6.07 Å². The fraction of sp³-hybridized carbons (Fsp3) is 0.538. The number of ether oxygens (including phenoxy) is 2. The van der Waals surface area contributed by atoms with E-state index in [-0.39, 0.29) is 0 Å². The van der Waals surface area contributed by atoms with Gasteiger partial charge in [0.15, 0.2) is 11.5 Å².